The first kappa shape index (κ1) is 15.2. The summed E-state index contributed by atoms with van der Waals surface area (Å²) >= 11 is 0. The van der Waals surface area contributed by atoms with Crippen molar-refractivity contribution in [1.82, 2.24) is 10.2 Å². The van der Waals surface area contributed by atoms with Crippen LogP contribution in [-0.2, 0) is 0 Å². The molecule has 0 aromatic heterocycles. The molecule has 0 rings (SSSR count). The predicted octanol–water partition coefficient (Wildman–Crippen LogP) is 1.80. The van der Waals surface area contributed by atoms with Crippen molar-refractivity contribution in [3.8, 4) is 0 Å². The van der Waals surface area contributed by atoms with Crippen LogP contribution in [0.3, 0.4) is 0 Å². The van der Waals surface area contributed by atoms with E-state index < -0.39 is 0 Å². The molecule has 0 radical (unpaired) electrons. The van der Waals surface area contributed by atoms with E-state index in [1.165, 1.54) is 0 Å². The number of nitrogens with one attached hydrogen (secondary N) is 1. The molecule has 16 heavy (non-hydrogen) atoms. The van der Waals surface area contributed by atoms with Gasteiger partial charge >= 0.3 is 6.03 Å². The Morgan fingerprint density at radius 3 is 2.25 bits per heavy atom. The Kier molecular flexibility index (Phi) is 5.79. The van der Waals surface area contributed by atoms with Gasteiger partial charge in [0, 0.05) is 25.2 Å². The molecule has 0 spiro atoms. The lowest BCUT2D eigenvalue weighted by Gasteiger charge is -2.27. The summed E-state index contributed by atoms with van der Waals surface area (Å²) in [5.74, 6) is 0.457. The maximum Gasteiger partial charge on any atom is 0.317 e. The molecular formula is C12H27N3O. The minimum atomic E-state index is -0.189. The van der Waals surface area contributed by atoms with Crippen LogP contribution in [0.2, 0.25) is 0 Å². The van der Waals surface area contributed by atoms with Crippen molar-refractivity contribution in [2.24, 2.45) is 11.7 Å². The molecule has 0 aromatic carbocycles. The molecular weight excluding hydrogens is 202 g/mol. The molecule has 0 aromatic rings. The van der Waals surface area contributed by atoms with Crippen LogP contribution in [0.25, 0.3) is 0 Å². The lowest BCUT2D eigenvalue weighted by molar-refractivity contribution is 0.196. The van der Waals surface area contributed by atoms with Crippen molar-refractivity contribution < 1.29 is 4.79 Å². The normalized spacial score (nSPS) is 13.8. The molecule has 0 bridgehead atoms. The van der Waals surface area contributed by atoms with Crippen LogP contribution in [0.1, 0.15) is 41.0 Å². The number of rotatable bonds is 4. The smallest absolute Gasteiger partial charge is 0.317 e. The lowest BCUT2D eigenvalue weighted by Crippen LogP contribution is -2.48. The van der Waals surface area contributed by atoms with Gasteiger partial charge < -0.3 is 16.0 Å². The maximum absolute atomic E-state index is 11.7. The first-order valence-electron chi connectivity index (χ1n) is 5.92. The van der Waals surface area contributed by atoms with Crippen LogP contribution in [0, 0.1) is 5.92 Å². The number of nitrogens with zero attached hydrogens (tertiary/aromatic N) is 1. The van der Waals surface area contributed by atoms with Crippen molar-refractivity contribution in [1.29, 1.82) is 0 Å². The molecule has 0 saturated heterocycles. The summed E-state index contributed by atoms with van der Waals surface area (Å²) in [6.07, 6.45) is 0.839. The van der Waals surface area contributed by atoms with E-state index in [1.807, 2.05) is 20.8 Å². The molecule has 0 heterocycles. The molecule has 0 aliphatic heterocycles. The Hall–Kier alpha value is -0.770. The van der Waals surface area contributed by atoms with Crippen LogP contribution in [0.15, 0.2) is 0 Å². The molecule has 0 fully saturated rings. The highest BCUT2D eigenvalue weighted by Gasteiger charge is 2.17. The first-order valence-corrected chi connectivity index (χ1v) is 5.92. The van der Waals surface area contributed by atoms with Gasteiger partial charge in [-0.15, -0.1) is 0 Å². The van der Waals surface area contributed by atoms with Gasteiger partial charge in [-0.3, -0.25) is 0 Å². The summed E-state index contributed by atoms with van der Waals surface area (Å²) in [7, 11) is 1.80. The molecule has 1 unspecified atom stereocenters. The number of nitrogens with two attached hydrogens (primary N) is 1. The molecule has 0 saturated carbocycles. The quantitative estimate of drug-likeness (QED) is 0.772. The molecule has 4 heteroatoms. The van der Waals surface area contributed by atoms with Gasteiger partial charge in [-0.05, 0) is 33.1 Å². The standard InChI is InChI=1S/C12H27N3O/c1-9(2)10(13)7-8-15(6)11(16)14-12(3,4)5/h9-10H,7-8,13H2,1-6H3,(H,14,16). The molecule has 1 atom stereocenters. The van der Waals surface area contributed by atoms with Gasteiger partial charge in [0.25, 0.3) is 0 Å². The first-order chi connectivity index (χ1) is 7.13. The van der Waals surface area contributed by atoms with Crippen molar-refractivity contribution in [3.05, 3.63) is 0 Å². The fourth-order valence-corrected chi connectivity index (χ4v) is 1.19. The van der Waals surface area contributed by atoms with E-state index in [-0.39, 0.29) is 17.6 Å². The lowest BCUT2D eigenvalue weighted by atomic mass is 10.0. The number of urea groups is 1. The summed E-state index contributed by atoms with van der Waals surface area (Å²) in [6.45, 7) is 10.8. The minimum Gasteiger partial charge on any atom is -0.333 e. The highest BCUT2D eigenvalue weighted by molar-refractivity contribution is 5.74. The van der Waals surface area contributed by atoms with Crippen molar-refractivity contribution in [2.45, 2.75) is 52.6 Å². The highest BCUT2D eigenvalue weighted by atomic mass is 16.2. The third-order valence-electron chi connectivity index (χ3n) is 2.48. The van der Waals surface area contributed by atoms with Crippen LogP contribution in [-0.4, -0.2) is 36.1 Å². The number of hydrogen-bond donors (Lipinski definition) is 2. The van der Waals surface area contributed by atoms with Crippen molar-refractivity contribution >= 4 is 6.03 Å². The van der Waals surface area contributed by atoms with Gasteiger partial charge in [0.15, 0.2) is 0 Å². The number of hydrogen-bond acceptors (Lipinski definition) is 2. The Bertz CT molecular complexity index is 221. The van der Waals surface area contributed by atoms with Gasteiger partial charge in [-0.25, -0.2) is 4.79 Å². The molecule has 96 valence electrons. The second-order valence-electron chi connectivity index (χ2n) is 5.80. The van der Waals surface area contributed by atoms with Crippen LogP contribution < -0.4 is 11.1 Å². The Labute approximate surface area is 99.6 Å². The van der Waals surface area contributed by atoms with Gasteiger partial charge in [0.2, 0.25) is 0 Å². The van der Waals surface area contributed by atoms with Crippen LogP contribution >= 0.6 is 0 Å². The second kappa shape index (κ2) is 6.09. The SMILES string of the molecule is CC(C)C(N)CCN(C)C(=O)NC(C)(C)C. The van der Waals surface area contributed by atoms with E-state index in [2.05, 4.69) is 19.2 Å². The molecule has 0 aliphatic rings. The molecule has 4 nitrogen and oxygen atoms in total. The Morgan fingerprint density at radius 1 is 1.38 bits per heavy atom. The molecule has 2 amide bonds. The topological polar surface area (TPSA) is 58.4 Å². The zero-order chi connectivity index (χ0) is 12.9. The van der Waals surface area contributed by atoms with Gasteiger partial charge in [-0.1, -0.05) is 13.8 Å². The fraction of sp³-hybridized carbons (Fsp3) is 0.917. The minimum absolute atomic E-state index is 0.0385. The molecule has 0 aliphatic carbocycles. The second-order valence-corrected chi connectivity index (χ2v) is 5.80. The summed E-state index contributed by atoms with van der Waals surface area (Å²) in [6, 6.07) is 0.119. The summed E-state index contributed by atoms with van der Waals surface area (Å²) in [5, 5.41) is 2.92. The number of carbonyl (C=O) groups is 1. The van der Waals surface area contributed by atoms with Gasteiger partial charge in [-0.2, -0.15) is 0 Å². The van der Waals surface area contributed by atoms with Crippen molar-refractivity contribution in [2.75, 3.05) is 13.6 Å². The van der Waals surface area contributed by atoms with E-state index in [9.17, 15) is 4.79 Å². The third kappa shape index (κ3) is 6.67. The maximum atomic E-state index is 11.7. The summed E-state index contributed by atoms with van der Waals surface area (Å²) < 4.78 is 0. The zero-order valence-corrected chi connectivity index (χ0v) is 11.5. The van der Waals surface area contributed by atoms with E-state index in [0.29, 0.717) is 12.5 Å². The molecule has 3 N–H and O–H groups in total. The van der Waals surface area contributed by atoms with E-state index in [1.54, 1.807) is 11.9 Å². The monoisotopic (exact) mass is 229 g/mol. The third-order valence-corrected chi connectivity index (χ3v) is 2.48. The van der Waals surface area contributed by atoms with Gasteiger partial charge in [0.1, 0.15) is 0 Å². The Balaban J connectivity index is 3.98. The van der Waals surface area contributed by atoms with E-state index >= 15 is 0 Å². The zero-order valence-electron chi connectivity index (χ0n) is 11.5. The summed E-state index contributed by atoms with van der Waals surface area (Å²) in [5.41, 5.74) is 5.74. The summed E-state index contributed by atoms with van der Waals surface area (Å²) in [4.78, 5) is 13.4. The van der Waals surface area contributed by atoms with Crippen molar-refractivity contribution in [3.63, 3.8) is 0 Å². The van der Waals surface area contributed by atoms with Gasteiger partial charge in [0.05, 0.1) is 0 Å². The average Bonchev–Trinajstić information content (AvgIpc) is 2.10. The predicted molar refractivity (Wildman–Crippen MR) is 68.3 cm³/mol. The average molecular weight is 229 g/mol. The highest BCUT2D eigenvalue weighted by Crippen LogP contribution is 2.05. The number of amides is 2. The van der Waals surface area contributed by atoms with E-state index in [0.717, 1.165) is 6.42 Å². The van der Waals surface area contributed by atoms with E-state index in [4.69, 9.17) is 5.73 Å². The van der Waals surface area contributed by atoms with Crippen LogP contribution in [0.5, 0.6) is 0 Å². The largest absolute Gasteiger partial charge is 0.333 e. The fourth-order valence-electron chi connectivity index (χ4n) is 1.19. The number of carbonyl (C=O) groups excluding carboxylic acids is 1. The Morgan fingerprint density at radius 2 is 1.88 bits per heavy atom. The van der Waals surface area contributed by atoms with Crippen LogP contribution in [0.4, 0.5) is 4.79 Å².